The summed E-state index contributed by atoms with van der Waals surface area (Å²) in [5.41, 5.74) is 12.8. The molecule has 3 aromatic heterocycles. The van der Waals surface area contributed by atoms with Crippen molar-refractivity contribution in [3.05, 3.63) is 218 Å². The van der Waals surface area contributed by atoms with Crippen molar-refractivity contribution < 1.29 is 0 Å². The first-order valence-electron chi connectivity index (χ1n) is 20.9. The minimum absolute atomic E-state index is 0.601. The zero-order chi connectivity index (χ0) is 41.0. The van der Waals surface area contributed by atoms with Gasteiger partial charge in [-0.1, -0.05) is 182 Å². The summed E-state index contributed by atoms with van der Waals surface area (Å²) in [6, 6.07) is 77.5. The van der Waals surface area contributed by atoms with Gasteiger partial charge in [-0.3, -0.25) is 0 Å². The van der Waals surface area contributed by atoms with Gasteiger partial charge in [0.2, 0.25) is 0 Å². The van der Waals surface area contributed by atoms with E-state index in [1.54, 1.807) is 0 Å². The van der Waals surface area contributed by atoms with Crippen LogP contribution in [0.25, 0.3) is 115 Å². The maximum atomic E-state index is 5.36. The SMILES string of the molecule is c1ccc(-c2ccc(-c3ccccc3)c(-c3ccc(-n4c5ccccc5c5c6sc7ccccc7c6ccc54)c(-c4nc(-c5ccccc5)nc(-c5ccccc5)n4)c3)c2)cc1. The number of fused-ring (bicyclic) bond motifs is 7. The van der Waals surface area contributed by atoms with Gasteiger partial charge in [-0.05, 0) is 69.8 Å². The van der Waals surface area contributed by atoms with Crippen LogP contribution in [0.4, 0.5) is 0 Å². The molecule has 0 aliphatic rings. The van der Waals surface area contributed by atoms with Crippen LogP contribution in [0.3, 0.4) is 0 Å². The van der Waals surface area contributed by atoms with Gasteiger partial charge < -0.3 is 4.57 Å². The molecule has 3 heterocycles. The molecular formula is C57H36N4S. The third-order valence-corrected chi connectivity index (χ3v) is 13.1. The molecule has 0 aliphatic carbocycles. The van der Waals surface area contributed by atoms with Gasteiger partial charge in [-0.2, -0.15) is 0 Å². The zero-order valence-electron chi connectivity index (χ0n) is 33.5. The molecule has 0 unspecified atom stereocenters. The number of nitrogens with zero attached hydrogens (tertiary/aromatic N) is 4. The Balaban J connectivity index is 1.18. The number of thiophene rings is 1. The summed E-state index contributed by atoms with van der Waals surface area (Å²) < 4.78 is 5.00. The molecule has 4 nitrogen and oxygen atoms in total. The minimum atomic E-state index is 0.601. The topological polar surface area (TPSA) is 43.6 Å². The maximum absolute atomic E-state index is 5.36. The van der Waals surface area contributed by atoms with Crippen LogP contribution in [0.2, 0.25) is 0 Å². The fourth-order valence-corrected chi connectivity index (χ4v) is 10.2. The summed E-state index contributed by atoms with van der Waals surface area (Å²) >= 11 is 1.87. The van der Waals surface area contributed by atoms with Crippen molar-refractivity contribution in [2.75, 3.05) is 0 Å². The molecule has 0 fully saturated rings. The Kier molecular flexibility index (Phi) is 8.65. The average molecular weight is 809 g/mol. The lowest BCUT2D eigenvalue weighted by Crippen LogP contribution is -2.04. The quantitative estimate of drug-likeness (QED) is 0.161. The number of para-hydroxylation sites is 1. The zero-order valence-corrected chi connectivity index (χ0v) is 34.3. The number of hydrogen-bond acceptors (Lipinski definition) is 4. The highest BCUT2D eigenvalue weighted by Gasteiger charge is 2.23. The van der Waals surface area contributed by atoms with Crippen molar-refractivity contribution in [3.63, 3.8) is 0 Å². The first-order chi connectivity index (χ1) is 30.7. The van der Waals surface area contributed by atoms with Gasteiger partial charge in [-0.15, -0.1) is 11.3 Å². The highest BCUT2D eigenvalue weighted by atomic mass is 32.1. The van der Waals surface area contributed by atoms with Gasteiger partial charge in [0.1, 0.15) is 0 Å². The predicted octanol–water partition coefficient (Wildman–Crippen LogP) is 15.3. The van der Waals surface area contributed by atoms with Crippen molar-refractivity contribution in [2.24, 2.45) is 0 Å². The second kappa shape index (κ2) is 14.9. The lowest BCUT2D eigenvalue weighted by atomic mass is 9.90. The normalized spacial score (nSPS) is 11.5. The number of benzene rings is 9. The second-order valence-electron chi connectivity index (χ2n) is 15.5. The van der Waals surface area contributed by atoms with E-state index in [1.807, 2.05) is 47.7 Å². The van der Waals surface area contributed by atoms with E-state index >= 15 is 0 Å². The highest BCUT2D eigenvalue weighted by molar-refractivity contribution is 7.26. The van der Waals surface area contributed by atoms with Crippen molar-refractivity contribution in [1.82, 2.24) is 19.5 Å². The molecule has 0 atom stereocenters. The Labute approximate surface area is 362 Å². The third-order valence-electron chi connectivity index (χ3n) is 11.9. The van der Waals surface area contributed by atoms with E-state index in [2.05, 4.69) is 187 Å². The van der Waals surface area contributed by atoms with Crippen LogP contribution in [-0.2, 0) is 0 Å². The molecule has 0 N–H and O–H groups in total. The first-order valence-corrected chi connectivity index (χ1v) is 21.7. The second-order valence-corrected chi connectivity index (χ2v) is 16.6. The number of aromatic nitrogens is 4. The summed E-state index contributed by atoms with van der Waals surface area (Å²) in [4.78, 5) is 15.8. The summed E-state index contributed by atoms with van der Waals surface area (Å²) in [7, 11) is 0. The maximum Gasteiger partial charge on any atom is 0.166 e. The van der Waals surface area contributed by atoms with Gasteiger partial charge >= 0.3 is 0 Å². The Hall–Kier alpha value is -7.99. The number of rotatable bonds is 7. The Bertz CT molecular complexity index is 3560. The van der Waals surface area contributed by atoms with Gasteiger partial charge in [0.05, 0.1) is 16.7 Å². The van der Waals surface area contributed by atoms with E-state index in [9.17, 15) is 0 Å². The van der Waals surface area contributed by atoms with Crippen LogP contribution in [0.15, 0.2) is 218 Å². The van der Waals surface area contributed by atoms with Gasteiger partial charge in [0, 0.05) is 47.6 Å². The molecule has 0 radical (unpaired) electrons. The van der Waals surface area contributed by atoms with Crippen LogP contribution < -0.4 is 0 Å². The molecule has 5 heteroatoms. The first kappa shape index (κ1) is 35.9. The summed E-state index contributed by atoms with van der Waals surface area (Å²) in [5.74, 6) is 1.84. The summed E-state index contributed by atoms with van der Waals surface area (Å²) in [6.45, 7) is 0. The highest BCUT2D eigenvalue weighted by Crippen LogP contribution is 2.45. The lowest BCUT2D eigenvalue weighted by Gasteiger charge is -2.18. The van der Waals surface area contributed by atoms with Gasteiger partial charge in [0.25, 0.3) is 0 Å². The fourth-order valence-electron chi connectivity index (χ4n) is 8.96. The van der Waals surface area contributed by atoms with Crippen LogP contribution in [0.5, 0.6) is 0 Å². The molecule has 0 bridgehead atoms. The van der Waals surface area contributed by atoms with Gasteiger partial charge in [0.15, 0.2) is 17.5 Å². The van der Waals surface area contributed by atoms with Crippen LogP contribution in [0, 0.1) is 0 Å². The van der Waals surface area contributed by atoms with Crippen molar-refractivity contribution in [1.29, 1.82) is 0 Å². The van der Waals surface area contributed by atoms with Crippen molar-refractivity contribution in [3.8, 4) is 73.2 Å². The largest absolute Gasteiger partial charge is 0.308 e. The molecule has 0 saturated heterocycles. The van der Waals surface area contributed by atoms with E-state index in [-0.39, 0.29) is 0 Å². The van der Waals surface area contributed by atoms with E-state index in [4.69, 9.17) is 15.0 Å². The molecule has 62 heavy (non-hydrogen) atoms. The van der Waals surface area contributed by atoms with Crippen molar-refractivity contribution >= 4 is 53.3 Å². The molecule has 0 saturated carbocycles. The summed E-state index contributed by atoms with van der Waals surface area (Å²) in [6.07, 6.45) is 0. The molecule has 0 amide bonds. The lowest BCUT2D eigenvalue weighted by molar-refractivity contribution is 1.06. The average Bonchev–Trinajstić information content (AvgIpc) is 3.90. The smallest absolute Gasteiger partial charge is 0.166 e. The van der Waals surface area contributed by atoms with E-state index < -0.39 is 0 Å². The monoisotopic (exact) mass is 808 g/mol. The molecule has 0 aliphatic heterocycles. The van der Waals surface area contributed by atoms with Crippen LogP contribution >= 0.6 is 11.3 Å². The van der Waals surface area contributed by atoms with E-state index in [0.717, 1.165) is 61.2 Å². The molecule has 9 aromatic carbocycles. The molecular weight excluding hydrogens is 773 g/mol. The van der Waals surface area contributed by atoms with E-state index in [1.165, 1.54) is 36.5 Å². The van der Waals surface area contributed by atoms with Crippen LogP contribution in [-0.4, -0.2) is 19.5 Å². The van der Waals surface area contributed by atoms with E-state index in [0.29, 0.717) is 17.5 Å². The Morgan fingerprint density at radius 1 is 0.323 bits per heavy atom. The number of hydrogen-bond donors (Lipinski definition) is 0. The molecule has 12 aromatic rings. The fraction of sp³-hybridized carbons (Fsp3) is 0. The third kappa shape index (κ3) is 6.09. The minimum Gasteiger partial charge on any atom is -0.308 e. The molecule has 0 spiro atoms. The standard InChI is InChI=1S/C57H36N4S/c1-5-17-37(18-6-1)41-29-31-43(38-19-7-2-8-20-38)47(35-41)42-30-33-50(48(36-42)57-59-55(39-21-9-3-10-22-39)58-56(60-57)40-23-11-4-12-24-40)61-49-27-15-13-26-46(49)53-51(61)34-32-45-44-25-14-16-28-52(44)62-54(45)53/h1-36H. The summed E-state index contributed by atoms with van der Waals surface area (Å²) in [5, 5.41) is 5.03. The molecule has 12 rings (SSSR count). The van der Waals surface area contributed by atoms with Crippen LogP contribution in [0.1, 0.15) is 0 Å². The van der Waals surface area contributed by atoms with Crippen molar-refractivity contribution in [2.45, 2.75) is 0 Å². The predicted molar refractivity (Wildman–Crippen MR) is 260 cm³/mol. The molecule has 290 valence electrons. The van der Waals surface area contributed by atoms with Gasteiger partial charge in [-0.25, -0.2) is 15.0 Å². The Morgan fingerprint density at radius 3 is 1.56 bits per heavy atom. The Morgan fingerprint density at radius 2 is 0.871 bits per heavy atom.